The van der Waals surface area contributed by atoms with Crippen LogP contribution in [-0.4, -0.2) is 24.7 Å². The highest BCUT2D eigenvalue weighted by atomic mass is 16.3. The molecule has 3 rings (SSSR count). The van der Waals surface area contributed by atoms with Crippen LogP contribution in [0.3, 0.4) is 0 Å². The molecule has 1 unspecified atom stereocenters. The number of imidazole rings is 1. The van der Waals surface area contributed by atoms with Crippen molar-refractivity contribution in [2.75, 3.05) is 0 Å². The summed E-state index contributed by atoms with van der Waals surface area (Å²) in [6, 6.07) is 3.66. The molecule has 3 aromatic rings. The molecule has 0 aromatic carbocycles. The lowest BCUT2D eigenvalue weighted by Crippen LogP contribution is -2.24. The van der Waals surface area contributed by atoms with E-state index in [1.165, 1.54) is 6.33 Å². The van der Waals surface area contributed by atoms with Gasteiger partial charge in [-0.3, -0.25) is 10.4 Å². The minimum atomic E-state index is -0.125. The van der Waals surface area contributed by atoms with Crippen LogP contribution in [0, 0.1) is 0 Å². The topological polar surface area (TPSA) is 84.6 Å². The van der Waals surface area contributed by atoms with Crippen molar-refractivity contribution in [3.05, 3.63) is 54.5 Å². The number of nitrogens with zero attached hydrogens (tertiary/aromatic N) is 4. The van der Waals surface area contributed by atoms with Gasteiger partial charge in [-0.2, -0.15) is 5.10 Å². The average Bonchev–Trinajstić information content (AvgIpc) is 3.13. The fraction of sp³-hybridized carbons (Fsp3) is 0.250. The predicted molar refractivity (Wildman–Crippen MR) is 67.0 cm³/mol. The Morgan fingerprint density at radius 3 is 3.05 bits per heavy atom. The Bertz CT molecular complexity index is 613. The lowest BCUT2D eigenvalue weighted by Gasteiger charge is -2.15. The molecule has 0 aliphatic carbocycles. The molecule has 0 aliphatic rings. The lowest BCUT2D eigenvalue weighted by molar-refractivity contribution is 0.426. The summed E-state index contributed by atoms with van der Waals surface area (Å²) in [5.74, 6) is 2.47. The Kier molecular flexibility index (Phi) is 3.11. The molecule has 0 spiro atoms. The Balaban J connectivity index is 1.83. The van der Waals surface area contributed by atoms with E-state index in [1.54, 1.807) is 12.5 Å². The molecule has 7 nitrogen and oxygen atoms in total. The number of furan rings is 1. The van der Waals surface area contributed by atoms with Gasteiger partial charge < -0.3 is 8.98 Å². The molecule has 98 valence electrons. The highest BCUT2D eigenvalue weighted by Crippen LogP contribution is 2.20. The second-order valence-electron chi connectivity index (χ2n) is 4.16. The average molecular weight is 258 g/mol. The maximum absolute atomic E-state index is 5.48. The summed E-state index contributed by atoms with van der Waals surface area (Å²) < 4.78 is 7.44. The fourth-order valence-electron chi connectivity index (χ4n) is 1.94. The normalized spacial score (nSPS) is 12.7. The lowest BCUT2D eigenvalue weighted by atomic mass is 10.2. The number of aromatic amines is 1. The van der Waals surface area contributed by atoms with Gasteiger partial charge in [-0.25, -0.2) is 9.97 Å². The summed E-state index contributed by atoms with van der Waals surface area (Å²) >= 11 is 0. The van der Waals surface area contributed by atoms with Gasteiger partial charge in [-0.05, 0) is 12.1 Å². The van der Waals surface area contributed by atoms with Gasteiger partial charge in [0.15, 0.2) is 0 Å². The molecule has 0 aliphatic heterocycles. The van der Waals surface area contributed by atoms with Crippen LogP contribution in [0.5, 0.6) is 0 Å². The van der Waals surface area contributed by atoms with Crippen LogP contribution in [-0.2, 0) is 13.6 Å². The van der Waals surface area contributed by atoms with Crippen LogP contribution in [0.4, 0.5) is 0 Å². The molecule has 0 radical (unpaired) electrons. The third-order valence-corrected chi connectivity index (χ3v) is 2.88. The largest absolute Gasteiger partial charge is 0.467 e. The van der Waals surface area contributed by atoms with Crippen LogP contribution in [0.15, 0.2) is 41.5 Å². The first kappa shape index (κ1) is 11.7. The molecular weight excluding hydrogens is 244 g/mol. The van der Waals surface area contributed by atoms with Crippen molar-refractivity contribution < 1.29 is 4.42 Å². The van der Waals surface area contributed by atoms with Gasteiger partial charge >= 0.3 is 0 Å². The zero-order valence-electron chi connectivity index (χ0n) is 10.4. The third kappa shape index (κ3) is 2.41. The summed E-state index contributed by atoms with van der Waals surface area (Å²) in [4.78, 5) is 8.45. The van der Waals surface area contributed by atoms with E-state index in [2.05, 4.69) is 25.5 Å². The van der Waals surface area contributed by atoms with Gasteiger partial charge in [0.25, 0.3) is 0 Å². The molecule has 0 bridgehead atoms. The highest BCUT2D eigenvalue weighted by molar-refractivity contribution is 5.15. The molecule has 0 fully saturated rings. The maximum atomic E-state index is 5.48. The van der Waals surface area contributed by atoms with E-state index in [0.29, 0.717) is 6.54 Å². The predicted octanol–water partition coefficient (Wildman–Crippen LogP) is 1.01. The Morgan fingerprint density at radius 1 is 1.47 bits per heavy atom. The number of H-pyrrole nitrogens is 1. The molecule has 0 amide bonds. The molecular formula is C12H14N6O. The Labute approximate surface area is 109 Å². The van der Waals surface area contributed by atoms with E-state index < -0.39 is 0 Å². The number of rotatable bonds is 5. The zero-order valence-corrected chi connectivity index (χ0v) is 10.4. The van der Waals surface area contributed by atoms with Gasteiger partial charge in [-0.1, -0.05) is 0 Å². The number of hydrogen-bond donors (Lipinski definition) is 2. The quantitative estimate of drug-likeness (QED) is 0.713. The Hall–Kier alpha value is -2.41. The summed E-state index contributed by atoms with van der Waals surface area (Å²) in [5, 5.41) is 10.00. The van der Waals surface area contributed by atoms with Gasteiger partial charge in [0.05, 0.1) is 12.8 Å². The Morgan fingerprint density at radius 2 is 2.42 bits per heavy atom. The highest BCUT2D eigenvalue weighted by Gasteiger charge is 2.20. The molecule has 3 heterocycles. The number of hydrogen-bond acceptors (Lipinski definition) is 5. The van der Waals surface area contributed by atoms with Crippen LogP contribution in [0.2, 0.25) is 0 Å². The molecule has 3 aromatic heterocycles. The van der Waals surface area contributed by atoms with Crippen LogP contribution in [0.25, 0.3) is 0 Å². The van der Waals surface area contributed by atoms with Gasteiger partial charge in [0.1, 0.15) is 29.8 Å². The number of aromatic nitrogens is 5. The van der Waals surface area contributed by atoms with Gasteiger partial charge in [0.2, 0.25) is 0 Å². The molecule has 0 saturated heterocycles. The first-order chi connectivity index (χ1) is 9.34. The molecule has 0 saturated carbocycles. The molecule has 19 heavy (non-hydrogen) atoms. The monoisotopic (exact) mass is 258 g/mol. The minimum absolute atomic E-state index is 0.125. The van der Waals surface area contributed by atoms with Crippen LogP contribution >= 0.6 is 0 Å². The molecule has 7 heteroatoms. The van der Waals surface area contributed by atoms with Crippen molar-refractivity contribution >= 4 is 0 Å². The van der Waals surface area contributed by atoms with Crippen molar-refractivity contribution in [2.24, 2.45) is 7.05 Å². The number of nitrogens with one attached hydrogen (secondary N) is 2. The summed E-state index contributed by atoms with van der Waals surface area (Å²) in [6.07, 6.45) is 6.81. The van der Waals surface area contributed by atoms with E-state index in [0.717, 1.165) is 17.4 Å². The molecule has 1 atom stereocenters. The standard InChI is InChI=1S/C12H14N6O/c1-18-5-4-13-12(18)11(9-3-2-6-19-9)14-7-10-15-8-16-17-10/h2-6,8,11,14H,7H2,1H3,(H,15,16,17). The maximum Gasteiger partial charge on any atom is 0.138 e. The van der Waals surface area contributed by atoms with E-state index in [-0.39, 0.29) is 6.04 Å². The molecule has 2 N–H and O–H groups in total. The summed E-state index contributed by atoms with van der Waals surface area (Å²) in [6.45, 7) is 0.554. The third-order valence-electron chi connectivity index (χ3n) is 2.88. The van der Waals surface area contributed by atoms with Crippen LogP contribution in [0.1, 0.15) is 23.5 Å². The van der Waals surface area contributed by atoms with E-state index >= 15 is 0 Å². The second kappa shape index (κ2) is 5.07. The second-order valence-corrected chi connectivity index (χ2v) is 4.16. The van der Waals surface area contributed by atoms with Crippen LogP contribution < -0.4 is 5.32 Å². The number of aryl methyl sites for hydroxylation is 1. The smallest absolute Gasteiger partial charge is 0.138 e. The fourth-order valence-corrected chi connectivity index (χ4v) is 1.94. The van der Waals surface area contributed by atoms with Crippen molar-refractivity contribution in [3.63, 3.8) is 0 Å². The van der Waals surface area contributed by atoms with Crippen molar-refractivity contribution in [2.45, 2.75) is 12.6 Å². The van der Waals surface area contributed by atoms with Crippen molar-refractivity contribution in [1.29, 1.82) is 0 Å². The minimum Gasteiger partial charge on any atom is -0.467 e. The van der Waals surface area contributed by atoms with E-state index in [9.17, 15) is 0 Å². The summed E-state index contributed by atoms with van der Waals surface area (Å²) in [7, 11) is 1.95. The first-order valence-corrected chi connectivity index (χ1v) is 5.93. The zero-order chi connectivity index (χ0) is 13.1. The van der Waals surface area contributed by atoms with Gasteiger partial charge in [-0.15, -0.1) is 0 Å². The SMILES string of the molecule is Cn1ccnc1C(NCc1ncn[nH]1)c1ccco1. The summed E-state index contributed by atoms with van der Waals surface area (Å²) in [5.41, 5.74) is 0. The van der Waals surface area contributed by atoms with E-state index in [4.69, 9.17) is 4.42 Å². The van der Waals surface area contributed by atoms with E-state index in [1.807, 2.05) is 29.9 Å². The van der Waals surface area contributed by atoms with Crippen molar-refractivity contribution in [3.8, 4) is 0 Å². The first-order valence-electron chi connectivity index (χ1n) is 5.93. The van der Waals surface area contributed by atoms with Gasteiger partial charge in [0, 0.05) is 19.4 Å². The van der Waals surface area contributed by atoms with Crippen molar-refractivity contribution in [1.82, 2.24) is 30.0 Å².